The third-order valence-electron chi connectivity index (χ3n) is 1.62. The van der Waals surface area contributed by atoms with Crippen LogP contribution in [0.1, 0.15) is 0 Å². The fourth-order valence-electron chi connectivity index (χ4n) is 1.02. The van der Waals surface area contributed by atoms with Crippen molar-refractivity contribution in [3.63, 3.8) is 0 Å². The molecule has 1 unspecified atom stereocenters. The van der Waals surface area contributed by atoms with Crippen LogP contribution < -0.4 is 4.52 Å². The van der Waals surface area contributed by atoms with E-state index in [1.807, 2.05) is 0 Å². The molecule has 1 aromatic heterocycles. The van der Waals surface area contributed by atoms with Gasteiger partial charge in [-0.2, -0.15) is 4.98 Å². The molecule has 2 rings (SSSR count). The molecule has 0 saturated carbocycles. The number of fused-ring (bicyclic) bond motifs is 1. The van der Waals surface area contributed by atoms with Crippen molar-refractivity contribution >= 4 is 36.0 Å². The van der Waals surface area contributed by atoms with Gasteiger partial charge in [0.15, 0.2) is 5.58 Å². The fraction of sp³-hybridized carbons (Fsp3) is 0. The van der Waals surface area contributed by atoms with Crippen LogP contribution in [0.15, 0.2) is 28.7 Å². The van der Waals surface area contributed by atoms with Gasteiger partial charge in [0.05, 0.1) is 0 Å². The summed E-state index contributed by atoms with van der Waals surface area (Å²) in [6.45, 7) is 0. The Hall–Kier alpha value is -1.23. The molecule has 2 aromatic rings. The van der Waals surface area contributed by atoms with Gasteiger partial charge in [0, 0.05) is 0 Å². The van der Waals surface area contributed by atoms with Crippen molar-refractivity contribution in [2.75, 3.05) is 0 Å². The van der Waals surface area contributed by atoms with Crippen LogP contribution in [-0.4, -0.2) is 15.0 Å². The van der Waals surface area contributed by atoms with Crippen molar-refractivity contribution in [2.24, 2.45) is 0 Å². The molecule has 0 saturated heterocycles. The zero-order valence-electron chi connectivity index (χ0n) is 7.36. The summed E-state index contributed by atoms with van der Waals surface area (Å²) < 4.78 is 20.8. The molecule has 0 aliphatic heterocycles. The number of nitrogens with zero attached hydrogens (tertiary/aromatic N) is 1. The zero-order valence-corrected chi connectivity index (χ0v) is 9.07. The summed E-state index contributed by atoms with van der Waals surface area (Å²) in [6.07, 6.45) is -0.261. The van der Waals surface area contributed by atoms with Gasteiger partial charge in [-0.15, -0.1) is 0 Å². The summed E-state index contributed by atoms with van der Waals surface area (Å²) in [5.41, 5.74) is 1.04. The number of hydrogen-bond donors (Lipinski definition) is 1. The SMILES string of the molecule is O=P(O)(C=S)Oc1nc2ccccc2o1. The Balaban J connectivity index is 2.38. The number of rotatable bonds is 3. The molecule has 7 heteroatoms. The predicted octanol–water partition coefficient (Wildman–Crippen LogP) is 2.35. The van der Waals surface area contributed by atoms with Gasteiger partial charge in [-0.25, -0.2) is 4.57 Å². The molecule has 15 heavy (non-hydrogen) atoms. The van der Waals surface area contributed by atoms with E-state index in [0.29, 0.717) is 16.2 Å². The molecule has 78 valence electrons. The molecule has 0 aliphatic rings. The second kappa shape index (κ2) is 3.73. The summed E-state index contributed by atoms with van der Waals surface area (Å²) in [5, 5.41) is 0.655. The number of aromatic nitrogens is 1. The van der Waals surface area contributed by atoms with Crippen LogP contribution in [0.25, 0.3) is 11.1 Å². The van der Waals surface area contributed by atoms with Crippen LogP contribution >= 0.6 is 19.8 Å². The molecule has 1 aromatic carbocycles. The zero-order chi connectivity index (χ0) is 10.9. The fourth-order valence-corrected chi connectivity index (χ4v) is 1.50. The Bertz CT molecular complexity index is 519. The van der Waals surface area contributed by atoms with Crippen LogP contribution in [0, 0.1) is 0 Å². The highest BCUT2D eigenvalue weighted by molar-refractivity contribution is 7.94. The van der Waals surface area contributed by atoms with E-state index in [2.05, 4.69) is 21.7 Å². The van der Waals surface area contributed by atoms with Crippen molar-refractivity contribution in [1.82, 2.24) is 4.98 Å². The standard InChI is InChI=1S/C8H6NO4PS/c10-14(11,5-15)13-8-9-6-3-1-2-4-7(6)12-8/h1-5H,(H,10,11). The van der Waals surface area contributed by atoms with Gasteiger partial charge in [-0.1, -0.05) is 24.4 Å². The van der Waals surface area contributed by atoms with Gasteiger partial charge in [0.1, 0.15) is 10.6 Å². The Morgan fingerprint density at radius 1 is 1.53 bits per heavy atom. The van der Waals surface area contributed by atoms with Crippen LogP contribution in [0.4, 0.5) is 0 Å². The van der Waals surface area contributed by atoms with Crippen LogP contribution in [0.5, 0.6) is 6.08 Å². The summed E-state index contributed by atoms with van der Waals surface area (Å²) in [6, 6.07) is 6.90. The number of benzene rings is 1. The van der Waals surface area contributed by atoms with E-state index in [1.165, 1.54) is 0 Å². The maximum Gasteiger partial charge on any atom is 0.415 e. The number of oxazole rings is 1. The first-order valence-electron chi connectivity index (χ1n) is 3.95. The van der Waals surface area contributed by atoms with Gasteiger partial charge in [0.25, 0.3) is 0 Å². The van der Waals surface area contributed by atoms with Crippen molar-refractivity contribution in [2.45, 2.75) is 0 Å². The lowest BCUT2D eigenvalue weighted by Gasteiger charge is -2.01. The van der Waals surface area contributed by atoms with Crippen molar-refractivity contribution in [3.8, 4) is 6.08 Å². The van der Waals surface area contributed by atoms with Gasteiger partial charge in [0.2, 0.25) is 0 Å². The Morgan fingerprint density at radius 3 is 2.93 bits per heavy atom. The summed E-state index contributed by atoms with van der Waals surface area (Å²) >= 11 is 4.34. The third kappa shape index (κ3) is 2.23. The Kier molecular flexibility index (Phi) is 2.56. The number of thiocarbonyl (C=S) groups is 1. The second-order valence-corrected chi connectivity index (χ2v) is 4.86. The summed E-state index contributed by atoms with van der Waals surface area (Å²) in [7, 11) is -3.92. The largest absolute Gasteiger partial charge is 0.415 e. The lowest BCUT2D eigenvalue weighted by molar-refractivity contribution is 0.337. The molecule has 1 N–H and O–H groups in total. The molecule has 0 spiro atoms. The van der Waals surface area contributed by atoms with Gasteiger partial charge < -0.3 is 13.8 Å². The summed E-state index contributed by atoms with van der Waals surface area (Å²) in [5.74, 6) is 0. The van der Waals surface area contributed by atoms with E-state index < -0.39 is 7.60 Å². The second-order valence-electron chi connectivity index (χ2n) is 2.71. The maximum absolute atomic E-state index is 11.1. The highest BCUT2D eigenvalue weighted by Gasteiger charge is 2.20. The molecule has 1 heterocycles. The number of hydrogen-bond acceptors (Lipinski definition) is 5. The highest BCUT2D eigenvalue weighted by Crippen LogP contribution is 2.40. The first-order chi connectivity index (χ1) is 7.11. The molecular formula is C8H6NO4PS. The number of para-hydroxylation sites is 2. The Labute approximate surface area is 90.2 Å². The van der Waals surface area contributed by atoms with Crippen LogP contribution in [-0.2, 0) is 4.57 Å². The topological polar surface area (TPSA) is 72.6 Å². The molecule has 0 amide bonds. The van der Waals surface area contributed by atoms with E-state index in [-0.39, 0.29) is 6.08 Å². The average molecular weight is 243 g/mol. The van der Waals surface area contributed by atoms with E-state index in [1.54, 1.807) is 24.3 Å². The molecule has 1 atom stereocenters. The maximum atomic E-state index is 11.1. The monoisotopic (exact) mass is 243 g/mol. The average Bonchev–Trinajstić information content (AvgIpc) is 2.58. The first-order valence-corrected chi connectivity index (χ1v) is 6.06. The lowest BCUT2D eigenvalue weighted by atomic mass is 10.3. The molecular weight excluding hydrogens is 237 g/mol. The summed E-state index contributed by atoms with van der Waals surface area (Å²) in [4.78, 5) is 12.9. The molecule has 0 fully saturated rings. The van der Waals surface area contributed by atoms with Gasteiger partial charge in [-0.05, 0) is 12.1 Å². The van der Waals surface area contributed by atoms with Crippen LogP contribution in [0.2, 0.25) is 0 Å². The van der Waals surface area contributed by atoms with Crippen molar-refractivity contribution in [1.29, 1.82) is 0 Å². The van der Waals surface area contributed by atoms with Gasteiger partial charge in [-0.3, -0.25) is 0 Å². The molecule has 5 nitrogen and oxygen atoms in total. The normalized spacial score (nSPS) is 14.7. The van der Waals surface area contributed by atoms with E-state index in [9.17, 15) is 4.57 Å². The first kappa shape index (κ1) is 10.3. The van der Waals surface area contributed by atoms with E-state index >= 15 is 0 Å². The van der Waals surface area contributed by atoms with E-state index in [4.69, 9.17) is 9.31 Å². The minimum Gasteiger partial charge on any atom is -0.409 e. The predicted molar refractivity (Wildman–Crippen MR) is 58.1 cm³/mol. The smallest absolute Gasteiger partial charge is 0.409 e. The highest BCUT2D eigenvalue weighted by atomic mass is 32.1. The van der Waals surface area contributed by atoms with Gasteiger partial charge >= 0.3 is 13.7 Å². The van der Waals surface area contributed by atoms with Crippen molar-refractivity contribution < 1.29 is 18.4 Å². The van der Waals surface area contributed by atoms with E-state index in [0.717, 1.165) is 0 Å². The third-order valence-corrected chi connectivity index (χ3v) is 3.10. The lowest BCUT2D eigenvalue weighted by Crippen LogP contribution is -1.91. The molecule has 0 aliphatic carbocycles. The molecule has 0 radical (unpaired) electrons. The minimum atomic E-state index is -3.92. The Morgan fingerprint density at radius 2 is 2.27 bits per heavy atom. The molecule has 0 bridgehead atoms. The van der Waals surface area contributed by atoms with Crippen molar-refractivity contribution in [3.05, 3.63) is 24.3 Å². The minimum absolute atomic E-state index is 0.261. The quantitative estimate of drug-likeness (QED) is 0.659. The van der Waals surface area contributed by atoms with Crippen LogP contribution in [0.3, 0.4) is 0 Å².